The van der Waals surface area contributed by atoms with E-state index in [1.165, 1.54) is 5.56 Å². The van der Waals surface area contributed by atoms with E-state index in [0.717, 1.165) is 55.6 Å². The topological polar surface area (TPSA) is 36.4 Å². The first-order valence-corrected chi connectivity index (χ1v) is 8.94. The van der Waals surface area contributed by atoms with Gasteiger partial charge in [0.2, 0.25) is 5.91 Å². The van der Waals surface area contributed by atoms with E-state index < -0.39 is 0 Å². The highest BCUT2D eigenvalue weighted by molar-refractivity contribution is 9.10. The van der Waals surface area contributed by atoms with E-state index >= 15 is 0 Å². The Kier molecular flexibility index (Phi) is 6.24. The minimum Gasteiger partial charge on any atom is -0.356 e. The van der Waals surface area contributed by atoms with Gasteiger partial charge in [0, 0.05) is 43.3 Å². The molecular formula is C17H26BrN3O. The lowest BCUT2D eigenvalue weighted by molar-refractivity contribution is -0.134. The van der Waals surface area contributed by atoms with Crippen LogP contribution < -0.4 is 4.90 Å². The lowest BCUT2D eigenvalue weighted by Gasteiger charge is -2.34. The maximum Gasteiger partial charge on any atom is 0.225 e. The minimum atomic E-state index is 0.175. The van der Waals surface area contributed by atoms with Crippen LogP contribution in [0.3, 0.4) is 0 Å². The molecule has 122 valence electrons. The number of unbranched alkanes of at least 4 members (excludes halogenated alkanes) is 1. The number of carbonyl (C=O) groups excluding carboxylic acids is 1. The van der Waals surface area contributed by atoms with E-state index in [0.29, 0.717) is 5.91 Å². The number of rotatable bonds is 5. The molecule has 22 heavy (non-hydrogen) atoms. The number of hydrogen-bond acceptors (Lipinski definition) is 3. The summed E-state index contributed by atoms with van der Waals surface area (Å²) in [6.45, 7) is 6.94. The number of hydrogen-bond donors (Lipinski definition) is 0. The number of carbonyl (C=O) groups is 1. The Balaban J connectivity index is 1.91. The highest BCUT2D eigenvalue weighted by Crippen LogP contribution is 2.26. The standard InChI is InChI=1S/C17H26BrN3O/c1-4-5-8-20(3)17(22)14-6-9-21(10-7-14)16-13(2)11-15(18)12-19-16/h11-12,14H,4-10H2,1-3H3. The van der Waals surface area contributed by atoms with Crippen molar-refractivity contribution in [2.45, 2.75) is 39.5 Å². The molecule has 2 heterocycles. The molecule has 1 aliphatic heterocycles. The van der Waals surface area contributed by atoms with E-state index in [4.69, 9.17) is 0 Å². The Morgan fingerprint density at radius 1 is 1.45 bits per heavy atom. The SMILES string of the molecule is CCCCN(C)C(=O)C1CCN(c2ncc(Br)cc2C)CC1. The smallest absolute Gasteiger partial charge is 0.225 e. The van der Waals surface area contributed by atoms with Gasteiger partial charge in [-0.2, -0.15) is 0 Å². The first-order valence-electron chi connectivity index (χ1n) is 8.15. The van der Waals surface area contributed by atoms with Crippen molar-refractivity contribution in [2.24, 2.45) is 5.92 Å². The fraction of sp³-hybridized carbons (Fsp3) is 0.647. The molecule has 0 bridgehead atoms. The predicted molar refractivity (Wildman–Crippen MR) is 94.2 cm³/mol. The van der Waals surface area contributed by atoms with Gasteiger partial charge in [0.15, 0.2) is 0 Å². The van der Waals surface area contributed by atoms with E-state index in [1.807, 2.05) is 18.1 Å². The normalized spacial score (nSPS) is 15.9. The van der Waals surface area contributed by atoms with E-state index in [1.54, 1.807) is 0 Å². The third-order valence-corrected chi connectivity index (χ3v) is 4.82. The highest BCUT2D eigenvalue weighted by Gasteiger charge is 2.27. The molecule has 0 spiro atoms. The molecule has 1 fully saturated rings. The molecule has 0 N–H and O–H groups in total. The number of nitrogens with zero attached hydrogens (tertiary/aromatic N) is 3. The van der Waals surface area contributed by atoms with Crippen molar-refractivity contribution in [1.82, 2.24) is 9.88 Å². The molecule has 5 heteroatoms. The molecule has 1 aromatic heterocycles. The molecule has 0 saturated carbocycles. The van der Waals surface area contributed by atoms with Gasteiger partial charge in [-0.15, -0.1) is 0 Å². The van der Waals surface area contributed by atoms with Crippen LogP contribution in [-0.2, 0) is 4.79 Å². The average molecular weight is 368 g/mol. The van der Waals surface area contributed by atoms with Crippen molar-refractivity contribution in [3.05, 3.63) is 22.3 Å². The van der Waals surface area contributed by atoms with Crippen molar-refractivity contribution >= 4 is 27.7 Å². The summed E-state index contributed by atoms with van der Waals surface area (Å²) >= 11 is 3.45. The van der Waals surface area contributed by atoms with Crippen molar-refractivity contribution in [3.8, 4) is 0 Å². The molecule has 1 amide bonds. The van der Waals surface area contributed by atoms with Gasteiger partial charge in [-0.3, -0.25) is 4.79 Å². The van der Waals surface area contributed by atoms with Gasteiger partial charge >= 0.3 is 0 Å². The molecule has 0 radical (unpaired) electrons. The summed E-state index contributed by atoms with van der Waals surface area (Å²) in [5.41, 5.74) is 1.18. The van der Waals surface area contributed by atoms with E-state index in [2.05, 4.69) is 45.7 Å². The summed E-state index contributed by atoms with van der Waals surface area (Å²) in [7, 11) is 1.94. The zero-order valence-electron chi connectivity index (χ0n) is 13.8. The second-order valence-corrected chi connectivity index (χ2v) is 7.08. The Hall–Kier alpha value is -1.10. The van der Waals surface area contributed by atoms with Gasteiger partial charge in [0.25, 0.3) is 0 Å². The van der Waals surface area contributed by atoms with Gasteiger partial charge in [0.05, 0.1) is 0 Å². The Labute approximate surface area is 142 Å². The summed E-state index contributed by atoms with van der Waals surface area (Å²) in [5, 5.41) is 0. The van der Waals surface area contributed by atoms with Crippen LogP contribution in [-0.4, -0.2) is 42.5 Å². The molecule has 1 saturated heterocycles. The number of aromatic nitrogens is 1. The fourth-order valence-electron chi connectivity index (χ4n) is 3.02. The first kappa shape index (κ1) is 17.3. The lowest BCUT2D eigenvalue weighted by atomic mass is 9.95. The van der Waals surface area contributed by atoms with Crippen LogP contribution in [0.25, 0.3) is 0 Å². The van der Waals surface area contributed by atoms with E-state index in [-0.39, 0.29) is 5.92 Å². The first-order chi connectivity index (χ1) is 10.5. The number of aryl methyl sites for hydroxylation is 1. The minimum absolute atomic E-state index is 0.175. The molecule has 0 atom stereocenters. The molecule has 0 aromatic carbocycles. The fourth-order valence-corrected chi connectivity index (χ4v) is 3.47. The molecular weight excluding hydrogens is 342 g/mol. The molecule has 1 aromatic rings. The lowest BCUT2D eigenvalue weighted by Crippen LogP contribution is -2.42. The van der Waals surface area contributed by atoms with Crippen LogP contribution in [0.4, 0.5) is 5.82 Å². The average Bonchev–Trinajstić information content (AvgIpc) is 2.52. The Morgan fingerprint density at radius 2 is 2.14 bits per heavy atom. The zero-order valence-corrected chi connectivity index (χ0v) is 15.4. The summed E-state index contributed by atoms with van der Waals surface area (Å²) in [6, 6.07) is 2.10. The van der Waals surface area contributed by atoms with Crippen LogP contribution >= 0.6 is 15.9 Å². The molecule has 4 nitrogen and oxygen atoms in total. The van der Waals surface area contributed by atoms with Crippen LogP contribution in [0.2, 0.25) is 0 Å². The maximum atomic E-state index is 12.4. The van der Waals surface area contributed by atoms with Gasteiger partial charge in [0.1, 0.15) is 5.82 Å². The van der Waals surface area contributed by atoms with Crippen LogP contribution in [0, 0.1) is 12.8 Å². The summed E-state index contributed by atoms with van der Waals surface area (Å²) in [5.74, 6) is 1.54. The molecule has 0 aliphatic carbocycles. The number of piperidine rings is 1. The number of pyridine rings is 1. The molecule has 2 rings (SSSR count). The van der Waals surface area contributed by atoms with Gasteiger partial charge < -0.3 is 9.80 Å². The second kappa shape index (κ2) is 7.95. The van der Waals surface area contributed by atoms with Crippen molar-refractivity contribution in [2.75, 3.05) is 31.6 Å². The van der Waals surface area contributed by atoms with Crippen molar-refractivity contribution in [1.29, 1.82) is 0 Å². The summed E-state index contributed by atoms with van der Waals surface area (Å²) in [4.78, 5) is 21.2. The molecule has 0 unspecified atom stereocenters. The molecule has 1 aliphatic rings. The third kappa shape index (κ3) is 4.22. The van der Waals surface area contributed by atoms with Crippen molar-refractivity contribution in [3.63, 3.8) is 0 Å². The van der Waals surface area contributed by atoms with Gasteiger partial charge in [-0.05, 0) is 53.7 Å². The number of anilines is 1. The second-order valence-electron chi connectivity index (χ2n) is 6.17. The summed E-state index contributed by atoms with van der Waals surface area (Å²) in [6.07, 6.45) is 5.91. The van der Waals surface area contributed by atoms with Crippen LogP contribution in [0.15, 0.2) is 16.7 Å². The highest BCUT2D eigenvalue weighted by atomic mass is 79.9. The maximum absolute atomic E-state index is 12.4. The van der Waals surface area contributed by atoms with Crippen LogP contribution in [0.1, 0.15) is 38.2 Å². The Morgan fingerprint density at radius 3 is 2.73 bits per heavy atom. The van der Waals surface area contributed by atoms with Crippen LogP contribution in [0.5, 0.6) is 0 Å². The third-order valence-electron chi connectivity index (χ3n) is 4.38. The largest absolute Gasteiger partial charge is 0.356 e. The Bertz CT molecular complexity index is 513. The zero-order chi connectivity index (χ0) is 16.1. The quantitative estimate of drug-likeness (QED) is 0.797. The monoisotopic (exact) mass is 367 g/mol. The summed E-state index contributed by atoms with van der Waals surface area (Å²) < 4.78 is 1.01. The number of amides is 1. The number of halogens is 1. The predicted octanol–water partition coefficient (Wildman–Crippen LogP) is 3.63. The van der Waals surface area contributed by atoms with E-state index in [9.17, 15) is 4.79 Å². The van der Waals surface area contributed by atoms with Gasteiger partial charge in [-0.1, -0.05) is 13.3 Å². The van der Waals surface area contributed by atoms with Crippen molar-refractivity contribution < 1.29 is 4.79 Å². The van der Waals surface area contributed by atoms with Gasteiger partial charge in [-0.25, -0.2) is 4.98 Å².